The van der Waals surface area contributed by atoms with E-state index in [0.29, 0.717) is 11.4 Å². The molecule has 108 valence electrons. The van der Waals surface area contributed by atoms with Gasteiger partial charge in [-0.1, -0.05) is 0 Å². The van der Waals surface area contributed by atoms with E-state index in [1.807, 2.05) is 0 Å². The monoisotopic (exact) mass is 278 g/mol. The van der Waals surface area contributed by atoms with Crippen molar-refractivity contribution in [3.63, 3.8) is 0 Å². The topological polar surface area (TPSA) is 78.9 Å². The number of carbonyl (C=O) groups excluding carboxylic acids is 1. The molecule has 6 heteroatoms. The summed E-state index contributed by atoms with van der Waals surface area (Å²) < 4.78 is 5.05. The lowest BCUT2D eigenvalue weighted by atomic mass is 10.3. The number of carboxylic acid groups (broad SMARTS) is 1. The Morgan fingerprint density at radius 1 is 1.35 bits per heavy atom. The first-order chi connectivity index (χ1) is 9.60. The maximum Gasteiger partial charge on any atom is 0.322 e. The number of carbonyl (C=O) groups is 2. The predicted molar refractivity (Wildman–Crippen MR) is 74.0 cm³/mol. The van der Waals surface area contributed by atoms with Crippen LogP contribution in [0.15, 0.2) is 24.3 Å². The van der Waals surface area contributed by atoms with Gasteiger partial charge in [-0.05, 0) is 37.1 Å². The molecule has 1 aromatic carbocycles. The highest BCUT2D eigenvalue weighted by atomic mass is 16.5. The van der Waals surface area contributed by atoms with E-state index in [2.05, 4.69) is 5.32 Å². The minimum absolute atomic E-state index is 0.0352. The van der Waals surface area contributed by atoms with Crippen molar-refractivity contribution in [1.29, 1.82) is 0 Å². The van der Waals surface area contributed by atoms with Gasteiger partial charge in [-0.3, -0.25) is 4.79 Å². The summed E-state index contributed by atoms with van der Waals surface area (Å²) in [5.74, 6) is -0.180. The number of hydrogen-bond donors (Lipinski definition) is 2. The quantitative estimate of drug-likeness (QED) is 0.835. The Morgan fingerprint density at radius 3 is 2.50 bits per heavy atom. The molecule has 2 amide bonds. The Labute approximate surface area is 117 Å². The fourth-order valence-electron chi connectivity index (χ4n) is 1.92. The number of hydrogen-bond acceptors (Lipinski definition) is 3. The number of ether oxygens (including phenoxy) is 1. The molecule has 2 N–H and O–H groups in total. The highest BCUT2D eigenvalue weighted by Gasteiger charge is 2.32. The predicted octanol–water partition coefficient (Wildman–Crippen LogP) is 2.17. The third-order valence-corrected chi connectivity index (χ3v) is 3.16. The van der Waals surface area contributed by atoms with E-state index in [-0.39, 0.29) is 25.0 Å². The second-order valence-corrected chi connectivity index (χ2v) is 4.73. The number of benzene rings is 1. The summed E-state index contributed by atoms with van der Waals surface area (Å²) in [6.45, 7) is 0.238. The van der Waals surface area contributed by atoms with Crippen LogP contribution in [-0.2, 0) is 4.79 Å². The Hall–Kier alpha value is -2.24. The van der Waals surface area contributed by atoms with Crippen LogP contribution >= 0.6 is 0 Å². The summed E-state index contributed by atoms with van der Waals surface area (Å²) in [4.78, 5) is 24.4. The van der Waals surface area contributed by atoms with E-state index in [1.54, 1.807) is 36.3 Å². The normalized spacial score (nSPS) is 13.7. The van der Waals surface area contributed by atoms with Crippen molar-refractivity contribution in [2.75, 3.05) is 19.0 Å². The van der Waals surface area contributed by atoms with Crippen LogP contribution in [0.2, 0.25) is 0 Å². The molecular weight excluding hydrogens is 260 g/mol. The van der Waals surface area contributed by atoms with E-state index in [9.17, 15) is 9.59 Å². The minimum atomic E-state index is -0.895. The number of amides is 2. The molecule has 0 aliphatic heterocycles. The first-order valence-corrected chi connectivity index (χ1v) is 6.53. The number of urea groups is 1. The van der Waals surface area contributed by atoms with Gasteiger partial charge in [0.15, 0.2) is 0 Å². The molecule has 1 fully saturated rings. The van der Waals surface area contributed by atoms with Crippen LogP contribution in [0.4, 0.5) is 10.5 Å². The van der Waals surface area contributed by atoms with Crippen LogP contribution in [0.25, 0.3) is 0 Å². The second-order valence-electron chi connectivity index (χ2n) is 4.73. The fraction of sp³-hybridized carbons (Fsp3) is 0.429. The fourth-order valence-corrected chi connectivity index (χ4v) is 1.92. The molecule has 0 radical (unpaired) electrons. The van der Waals surface area contributed by atoms with Crippen LogP contribution in [0, 0.1) is 0 Å². The summed E-state index contributed by atoms with van der Waals surface area (Å²) in [6, 6.07) is 6.94. The van der Waals surface area contributed by atoms with Crippen LogP contribution in [0.5, 0.6) is 5.75 Å². The van der Waals surface area contributed by atoms with E-state index in [4.69, 9.17) is 9.84 Å². The summed E-state index contributed by atoms with van der Waals surface area (Å²) >= 11 is 0. The van der Waals surface area contributed by atoms with Crippen molar-refractivity contribution in [3.8, 4) is 5.75 Å². The van der Waals surface area contributed by atoms with Crippen molar-refractivity contribution in [1.82, 2.24) is 4.90 Å². The SMILES string of the molecule is COc1ccc(NC(=O)N(CCC(=O)O)C2CC2)cc1. The Morgan fingerprint density at radius 2 is 2.00 bits per heavy atom. The standard InChI is InChI=1S/C14H18N2O4/c1-20-12-6-2-10(3-7-12)15-14(19)16(11-4-5-11)9-8-13(17)18/h2-3,6-7,11H,4-5,8-9H2,1H3,(H,15,19)(H,17,18). The van der Waals surface area contributed by atoms with Crippen LogP contribution < -0.4 is 10.1 Å². The zero-order chi connectivity index (χ0) is 14.5. The van der Waals surface area contributed by atoms with E-state index < -0.39 is 5.97 Å². The van der Waals surface area contributed by atoms with Crippen LogP contribution in [-0.4, -0.2) is 41.7 Å². The molecule has 6 nitrogen and oxygen atoms in total. The summed E-state index contributed by atoms with van der Waals surface area (Å²) in [7, 11) is 1.58. The lowest BCUT2D eigenvalue weighted by Gasteiger charge is -2.22. The van der Waals surface area contributed by atoms with E-state index in [0.717, 1.165) is 12.8 Å². The van der Waals surface area contributed by atoms with E-state index >= 15 is 0 Å². The molecule has 0 heterocycles. The molecular formula is C14H18N2O4. The van der Waals surface area contributed by atoms with Gasteiger partial charge in [0.2, 0.25) is 0 Å². The molecule has 1 aliphatic carbocycles. The average Bonchev–Trinajstić information content (AvgIpc) is 3.24. The first-order valence-electron chi connectivity index (χ1n) is 6.53. The number of nitrogens with one attached hydrogen (secondary N) is 1. The van der Waals surface area contributed by atoms with Crippen molar-refractivity contribution in [2.24, 2.45) is 0 Å². The summed E-state index contributed by atoms with van der Waals surface area (Å²) in [6.07, 6.45) is 1.85. The zero-order valence-corrected chi connectivity index (χ0v) is 11.3. The second kappa shape index (κ2) is 6.27. The van der Waals surface area contributed by atoms with Gasteiger partial charge in [-0.15, -0.1) is 0 Å². The van der Waals surface area contributed by atoms with Crippen molar-refractivity contribution < 1.29 is 19.4 Å². The molecule has 1 aromatic rings. The van der Waals surface area contributed by atoms with Crippen molar-refractivity contribution in [3.05, 3.63) is 24.3 Å². The Bertz CT molecular complexity index is 482. The van der Waals surface area contributed by atoms with Gasteiger partial charge in [0.25, 0.3) is 0 Å². The highest BCUT2D eigenvalue weighted by Crippen LogP contribution is 2.27. The third-order valence-electron chi connectivity index (χ3n) is 3.16. The molecule has 20 heavy (non-hydrogen) atoms. The maximum absolute atomic E-state index is 12.2. The van der Waals surface area contributed by atoms with Crippen LogP contribution in [0.3, 0.4) is 0 Å². The van der Waals surface area contributed by atoms with Gasteiger partial charge >= 0.3 is 12.0 Å². The number of methoxy groups -OCH3 is 1. The minimum Gasteiger partial charge on any atom is -0.497 e. The Kier molecular flexibility index (Phi) is 4.45. The number of nitrogens with zero attached hydrogens (tertiary/aromatic N) is 1. The van der Waals surface area contributed by atoms with E-state index in [1.165, 1.54) is 0 Å². The molecule has 0 bridgehead atoms. The molecule has 1 aliphatic rings. The lowest BCUT2D eigenvalue weighted by molar-refractivity contribution is -0.137. The largest absolute Gasteiger partial charge is 0.497 e. The molecule has 1 saturated carbocycles. The number of carboxylic acids is 1. The zero-order valence-electron chi connectivity index (χ0n) is 11.3. The van der Waals surface area contributed by atoms with Gasteiger partial charge in [0, 0.05) is 18.3 Å². The molecule has 0 saturated heterocycles. The van der Waals surface area contributed by atoms with Crippen LogP contribution in [0.1, 0.15) is 19.3 Å². The molecule has 2 rings (SSSR count). The Balaban J connectivity index is 1.94. The summed E-state index contributed by atoms with van der Waals surface area (Å²) in [5.41, 5.74) is 0.664. The molecule has 0 atom stereocenters. The van der Waals surface area contributed by atoms with Gasteiger partial charge in [-0.2, -0.15) is 0 Å². The number of aliphatic carboxylic acids is 1. The average molecular weight is 278 g/mol. The van der Waals surface area contributed by atoms with Crippen molar-refractivity contribution in [2.45, 2.75) is 25.3 Å². The van der Waals surface area contributed by atoms with Gasteiger partial charge in [0.1, 0.15) is 5.75 Å². The lowest BCUT2D eigenvalue weighted by Crippen LogP contribution is -2.38. The smallest absolute Gasteiger partial charge is 0.322 e. The number of rotatable bonds is 6. The molecule has 0 unspecified atom stereocenters. The molecule has 0 aromatic heterocycles. The first kappa shape index (κ1) is 14.2. The number of anilines is 1. The highest BCUT2D eigenvalue weighted by molar-refractivity contribution is 5.90. The van der Waals surface area contributed by atoms with Gasteiger partial charge in [0.05, 0.1) is 13.5 Å². The summed E-state index contributed by atoms with van der Waals surface area (Å²) in [5, 5.41) is 11.5. The third kappa shape index (κ3) is 3.88. The van der Waals surface area contributed by atoms with Gasteiger partial charge < -0.3 is 20.1 Å². The molecule has 0 spiro atoms. The van der Waals surface area contributed by atoms with Crippen molar-refractivity contribution >= 4 is 17.7 Å². The van der Waals surface area contributed by atoms with Gasteiger partial charge in [-0.25, -0.2) is 4.79 Å². The maximum atomic E-state index is 12.2.